The lowest BCUT2D eigenvalue weighted by Crippen LogP contribution is -2.48. The lowest BCUT2D eigenvalue weighted by Gasteiger charge is -2.11. The molecule has 0 spiro atoms. The van der Waals surface area contributed by atoms with Crippen molar-refractivity contribution in [3.63, 3.8) is 0 Å². The van der Waals surface area contributed by atoms with Crippen molar-refractivity contribution < 1.29 is 14.6 Å². The Labute approximate surface area is 159 Å². The predicted octanol–water partition coefficient (Wildman–Crippen LogP) is 2.67. The van der Waals surface area contributed by atoms with Gasteiger partial charge in [0.15, 0.2) is 5.56 Å². The van der Waals surface area contributed by atoms with Crippen LogP contribution in [0.25, 0.3) is 44.2 Å². The lowest BCUT2D eigenvalue weighted by atomic mass is 10.0. The topological polar surface area (TPSA) is 100 Å². The molecule has 3 N–H and O–H groups in total. The van der Waals surface area contributed by atoms with E-state index in [1.54, 1.807) is 7.11 Å². The van der Waals surface area contributed by atoms with E-state index < -0.39 is 0 Å². The number of hydrogen-bond acceptors (Lipinski definition) is 4. The molecule has 0 atom stereocenters. The number of aromatic nitrogens is 2. The summed E-state index contributed by atoms with van der Waals surface area (Å²) in [5, 5.41) is 18.4. The van der Waals surface area contributed by atoms with E-state index in [4.69, 9.17) is 14.6 Å². The average Bonchev–Trinajstić information content (AvgIpc) is 2.73. The van der Waals surface area contributed by atoms with Crippen molar-refractivity contribution in [1.82, 2.24) is 9.97 Å². The number of ether oxygens (including phenoxy) is 1. The molecule has 3 aromatic heterocycles. The van der Waals surface area contributed by atoms with Gasteiger partial charge in [0.25, 0.3) is 0 Å². The SMILES string of the molecule is COc1ccc(-c2cc3c4ccccc4oc4nc(=[NH2+])c(C#N)c([nH]2)c43)cc1. The molecule has 6 nitrogen and oxygen atoms in total. The summed E-state index contributed by atoms with van der Waals surface area (Å²) in [5.41, 5.74) is 3.98. The molecule has 0 aliphatic heterocycles. The van der Waals surface area contributed by atoms with Crippen molar-refractivity contribution in [2.45, 2.75) is 0 Å². The molecule has 5 aromatic rings. The van der Waals surface area contributed by atoms with E-state index in [2.05, 4.69) is 16.0 Å². The monoisotopic (exact) mass is 367 g/mol. The average molecular weight is 367 g/mol. The number of nitriles is 1. The zero-order valence-corrected chi connectivity index (χ0v) is 15.0. The third-order valence-electron chi connectivity index (χ3n) is 4.91. The Bertz CT molecular complexity index is 1470. The first-order valence-electron chi connectivity index (χ1n) is 8.71. The van der Waals surface area contributed by atoms with Crippen molar-refractivity contribution >= 4 is 33.0 Å². The molecule has 0 aliphatic carbocycles. The number of hydrogen-bond donors (Lipinski definition) is 2. The summed E-state index contributed by atoms with van der Waals surface area (Å²) in [4.78, 5) is 7.68. The van der Waals surface area contributed by atoms with Gasteiger partial charge < -0.3 is 14.1 Å². The smallest absolute Gasteiger partial charge is 0.344 e. The van der Waals surface area contributed by atoms with E-state index in [0.717, 1.165) is 33.2 Å². The summed E-state index contributed by atoms with van der Waals surface area (Å²) in [7, 11) is 1.63. The van der Waals surface area contributed by atoms with Gasteiger partial charge >= 0.3 is 11.2 Å². The fourth-order valence-electron chi connectivity index (χ4n) is 3.55. The third kappa shape index (κ3) is 2.27. The van der Waals surface area contributed by atoms with Crippen LogP contribution in [0.5, 0.6) is 5.75 Å². The maximum Gasteiger partial charge on any atom is 0.344 e. The summed E-state index contributed by atoms with van der Waals surface area (Å²) in [6, 6.07) is 19.7. The Balaban J connectivity index is 1.97. The number of nitrogens with two attached hydrogens (primary N) is 1. The number of para-hydroxylation sites is 1. The second-order valence-corrected chi connectivity index (χ2v) is 6.46. The van der Waals surface area contributed by atoms with E-state index in [0.29, 0.717) is 22.4 Å². The largest absolute Gasteiger partial charge is 0.497 e. The number of fused-ring (bicyclic) bond motifs is 2. The summed E-state index contributed by atoms with van der Waals surface area (Å²) in [5.74, 6) is 0.776. The van der Waals surface area contributed by atoms with Crippen molar-refractivity contribution in [3.05, 3.63) is 65.6 Å². The van der Waals surface area contributed by atoms with E-state index in [1.165, 1.54) is 0 Å². The number of methoxy groups -OCH3 is 1. The Morgan fingerprint density at radius 2 is 1.89 bits per heavy atom. The van der Waals surface area contributed by atoms with Gasteiger partial charge in [0.2, 0.25) is 0 Å². The highest BCUT2D eigenvalue weighted by Gasteiger charge is 2.21. The van der Waals surface area contributed by atoms with Crippen LogP contribution in [-0.2, 0) is 0 Å². The minimum absolute atomic E-state index is 0.137. The molecule has 0 unspecified atom stereocenters. The summed E-state index contributed by atoms with van der Waals surface area (Å²) in [6.45, 7) is 0. The highest BCUT2D eigenvalue weighted by atomic mass is 16.5. The minimum Gasteiger partial charge on any atom is -0.497 e. The normalized spacial score (nSPS) is 11.1. The number of pyridine rings is 2. The summed E-state index contributed by atoms with van der Waals surface area (Å²) in [6.07, 6.45) is 0. The van der Waals surface area contributed by atoms with Crippen LogP contribution in [0.2, 0.25) is 0 Å². The molecule has 5 rings (SSSR count). The second-order valence-electron chi connectivity index (χ2n) is 6.46. The van der Waals surface area contributed by atoms with Gasteiger partial charge in [-0.15, -0.1) is 0 Å². The predicted molar refractivity (Wildman–Crippen MR) is 105 cm³/mol. The molecule has 6 heteroatoms. The van der Waals surface area contributed by atoms with Crippen LogP contribution in [0.3, 0.4) is 0 Å². The molecule has 0 saturated heterocycles. The van der Waals surface area contributed by atoms with Crippen LogP contribution in [0.1, 0.15) is 5.56 Å². The zero-order chi connectivity index (χ0) is 19.3. The highest BCUT2D eigenvalue weighted by Crippen LogP contribution is 2.35. The van der Waals surface area contributed by atoms with E-state index in [-0.39, 0.29) is 5.49 Å². The van der Waals surface area contributed by atoms with Gasteiger partial charge in [0.1, 0.15) is 17.4 Å². The van der Waals surface area contributed by atoms with Crippen LogP contribution in [0.15, 0.2) is 59.0 Å². The van der Waals surface area contributed by atoms with Crippen molar-refractivity contribution in [3.8, 4) is 23.1 Å². The van der Waals surface area contributed by atoms with Gasteiger partial charge in [0.05, 0.1) is 18.0 Å². The number of benzene rings is 2. The van der Waals surface area contributed by atoms with Gasteiger partial charge in [0, 0.05) is 16.5 Å². The first kappa shape index (κ1) is 16.1. The van der Waals surface area contributed by atoms with Crippen molar-refractivity contribution in [2.75, 3.05) is 7.11 Å². The number of rotatable bonds is 2. The quantitative estimate of drug-likeness (QED) is 0.370. The van der Waals surface area contributed by atoms with Crippen molar-refractivity contribution in [2.24, 2.45) is 0 Å². The fraction of sp³-hybridized carbons (Fsp3) is 0.0455. The van der Waals surface area contributed by atoms with Gasteiger partial charge in [-0.05, 0) is 46.9 Å². The lowest BCUT2D eigenvalue weighted by molar-refractivity contribution is -0.178. The molecule has 0 saturated carbocycles. The third-order valence-corrected chi connectivity index (χ3v) is 4.91. The molecule has 3 heterocycles. The van der Waals surface area contributed by atoms with Gasteiger partial charge in [-0.25, -0.2) is 0 Å². The van der Waals surface area contributed by atoms with E-state index >= 15 is 0 Å². The van der Waals surface area contributed by atoms with Crippen LogP contribution >= 0.6 is 0 Å². The molecule has 2 aromatic carbocycles. The molecule has 0 fully saturated rings. The Kier molecular flexibility index (Phi) is 3.43. The number of nitrogens with zero attached hydrogens (tertiary/aromatic N) is 2. The number of nitrogens with one attached hydrogen (secondary N) is 1. The van der Waals surface area contributed by atoms with Crippen LogP contribution < -0.4 is 15.6 Å². The van der Waals surface area contributed by atoms with Crippen LogP contribution in [0.4, 0.5) is 0 Å². The number of H-pyrrole nitrogens is 1. The second kappa shape index (κ2) is 5.96. The van der Waals surface area contributed by atoms with E-state index in [9.17, 15) is 5.26 Å². The Morgan fingerprint density at radius 3 is 2.64 bits per heavy atom. The first-order valence-corrected chi connectivity index (χ1v) is 8.71. The van der Waals surface area contributed by atoms with Crippen LogP contribution in [-0.4, -0.2) is 17.1 Å². The molecule has 134 valence electrons. The van der Waals surface area contributed by atoms with Gasteiger partial charge in [-0.2, -0.15) is 5.26 Å². The molecular weight excluding hydrogens is 352 g/mol. The fourth-order valence-corrected chi connectivity index (χ4v) is 3.55. The van der Waals surface area contributed by atoms with Crippen molar-refractivity contribution in [1.29, 1.82) is 5.26 Å². The van der Waals surface area contributed by atoms with Gasteiger partial charge in [-0.3, -0.25) is 5.41 Å². The molecule has 0 radical (unpaired) electrons. The zero-order valence-electron chi connectivity index (χ0n) is 15.0. The highest BCUT2D eigenvalue weighted by molar-refractivity contribution is 6.17. The Morgan fingerprint density at radius 1 is 1.11 bits per heavy atom. The maximum atomic E-state index is 9.67. The molecule has 0 amide bonds. The first-order chi connectivity index (χ1) is 13.7. The Hall–Kier alpha value is -4.11. The molecule has 28 heavy (non-hydrogen) atoms. The molecule has 0 aliphatic rings. The number of aromatic amines is 1. The maximum absolute atomic E-state index is 9.67. The summed E-state index contributed by atoms with van der Waals surface area (Å²) < 4.78 is 11.2. The van der Waals surface area contributed by atoms with Gasteiger partial charge in [-0.1, -0.05) is 18.2 Å². The minimum atomic E-state index is 0.137. The van der Waals surface area contributed by atoms with Crippen LogP contribution in [0, 0.1) is 11.3 Å². The summed E-state index contributed by atoms with van der Waals surface area (Å²) >= 11 is 0. The van der Waals surface area contributed by atoms with E-state index in [1.807, 2.05) is 54.6 Å². The molecule has 0 bridgehead atoms. The molecular formula is C22H15N4O2+. The standard InChI is InChI=1S/C22H14N4O2/c1-27-13-8-6-12(7-9-13)17-10-15-14-4-2-3-5-18(14)28-22-19(15)20(25-17)16(11-23)21(24)26-22/h2-10,24-25H,1H3/p+1.